The van der Waals surface area contributed by atoms with Gasteiger partial charge in [0.2, 0.25) is 11.8 Å². The van der Waals surface area contributed by atoms with Crippen LogP contribution in [0.2, 0.25) is 0 Å². The summed E-state index contributed by atoms with van der Waals surface area (Å²) in [6.07, 6.45) is 3.38. The molecule has 29 heavy (non-hydrogen) atoms. The molecule has 0 radical (unpaired) electrons. The monoisotopic (exact) mass is 441 g/mol. The van der Waals surface area contributed by atoms with Crippen molar-refractivity contribution in [2.75, 3.05) is 33.2 Å². The summed E-state index contributed by atoms with van der Waals surface area (Å²) >= 11 is 0. The maximum absolute atomic E-state index is 12.8. The minimum Gasteiger partial charge on any atom is -0.340 e. The van der Waals surface area contributed by atoms with Gasteiger partial charge >= 0.3 is 0 Å². The van der Waals surface area contributed by atoms with Gasteiger partial charge in [-0.25, -0.2) is 0 Å². The van der Waals surface area contributed by atoms with Crippen LogP contribution in [0.25, 0.3) is 0 Å². The van der Waals surface area contributed by atoms with E-state index in [1.807, 2.05) is 23.1 Å². The number of carbonyl (C=O) groups is 2. The Bertz CT molecular complexity index is 772. The van der Waals surface area contributed by atoms with Crippen LogP contribution >= 0.6 is 24.8 Å². The van der Waals surface area contributed by atoms with E-state index in [0.29, 0.717) is 19.6 Å². The Morgan fingerprint density at radius 1 is 1.21 bits per heavy atom. The molecule has 1 aliphatic rings. The van der Waals surface area contributed by atoms with Crippen LogP contribution in [0.1, 0.15) is 24.4 Å². The smallest absolute Gasteiger partial charge is 0.247 e. The lowest BCUT2D eigenvalue weighted by atomic mass is 9.89. The highest BCUT2D eigenvalue weighted by molar-refractivity contribution is 5.86. The van der Waals surface area contributed by atoms with E-state index in [0.717, 1.165) is 0 Å². The second-order valence-electron chi connectivity index (χ2n) is 7.17. The number of likely N-dealkylation sites (N-methyl/N-ethyl adjacent to an activating group) is 1. The molecule has 3 atom stereocenters. The first kappa shape index (κ1) is 24.9. The molecular formula is C20H29Cl2N5O2. The molecule has 1 unspecified atom stereocenters. The van der Waals surface area contributed by atoms with Gasteiger partial charge in [0, 0.05) is 38.4 Å². The average molecular weight is 442 g/mol. The summed E-state index contributed by atoms with van der Waals surface area (Å²) in [5.41, 5.74) is 7.16. The molecule has 1 saturated heterocycles. The van der Waals surface area contributed by atoms with Gasteiger partial charge < -0.3 is 15.5 Å². The lowest BCUT2D eigenvalue weighted by Gasteiger charge is -2.24. The standard InChI is InChI=1S/C20H27N5O2.2ClH/c1-15(25-10-6-9-22-25)20(27)23(2)14-19(26)24-12-17(11-21)18(13-24)16-7-4-3-5-8-16;;/h3-10,15,17-18H,11-14,21H2,1-2H3;2*1H/t15?,17-,18+;;/m1../s1. The Morgan fingerprint density at radius 2 is 1.90 bits per heavy atom. The summed E-state index contributed by atoms with van der Waals surface area (Å²) in [4.78, 5) is 28.7. The van der Waals surface area contributed by atoms with Crippen LogP contribution < -0.4 is 5.73 Å². The molecule has 2 N–H and O–H groups in total. The van der Waals surface area contributed by atoms with E-state index in [4.69, 9.17) is 5.73 Å². The lowest BCUT2D eigenvalue weighted by molar-refractivity contribution is -0.140. The van der Waals surface area contributed by atoms with Crippen molar-refractivity contribution in [3.8, 4) is 0 Å². The number of carbonyl (C=O) groups excluding carboxylic acids is 2. The van der Waals surface area contributed by atoms with Crippen LogP contribution in [-0.4, -0.2) is 64.6 Å². The van der Waals surface area contributed by atoms with Gasteiger partial charge in [0.1, 0.15) is 6.04 Å². The lowest BCUT2D eigenvalue weighted by Crippen LogP contribution is -2.42. The van der Waals surface area contributed by atoms with Crippen LogP contribution in [0.4, 0.5) is 0 Å². The van der Waals surface area contributed by atoms with E-state index < -0.39 is 6.04 Å². The van der Waals surface area contributed by atoms with Gasteiger partial charge in [-0.2, -0.15) is 5.10 Å². The molecule has 9 heteroatoms. The number of rotatable bonds is 6. The molecule has 1 aliphatic heterocycles. The number of hydrogen-bond acceptors (Lipinski definition) is 4. The summed E-state index contributed by atoms with van der Waals surface area (Å²) < 4.78 is 1.59. The van der Waals surface area contributed by atoms with Gasteiger partial charge in [0.15, 0.2) is 0 Å². The van der Waals surface area contributed by atoms with Gasteiger partial charge in [0.25, 0.3) is 0 Å². The van der Waals surface area contributed by atoms with Crippen molar-refractivity contribution < 1.29 is 9.59 Å². The van der Waals surface area contributed by atoms with Crippen molar-refractivity contribution in [2.45, 2.75) is 18.9 Å². The van der Waals surface area contributed by atoms with Gasteiger partial charge in [-0.3, -0.25) is 14.3 Å². The van der Waals surface area contributed by atoms with E-state index >= 15 is 0 Å². The molecule has 2 heterocycles. The first-order valence-electron chi connectivity index (χ1n) is 9.28. The second kappa shape index (κ2) is 11.2. The minimum absolute atomic E-state index is 0. The largest absolute Gasteiger partial charge is 0.340 e. The van der Waals surface area contributed by atoms with Gasteiger partial charge in [-0.1, -0.05) is 30.3 Å². The van der Waals surface area contributed by atoms with E-state index in [9.17, 15) is 9.59 Å². The molecule has 1 aromatic heterocycles. The summed E-state index contributed by atoms with van der Waals surface area (Å²) in [5, 5.41) is 4.10. The van der Waals surface area contributed by atoms with Gasteiger partial charge in [0.05, 0.1) is 6.54 Å². The van der Waals surface area contributed by atoms with Crippen LogP contribution in [0.15, 0.2) is 48.8 Å². The molecule has 1 aromatic carbocycles. The predicted octanol–water partition coefficient (Wildman–Crippen LogP) is 1.95. The maximum Gasteiger partial charge on any atom is 0.247 e. The number of benzene rings is 1. The maximum atomic E-state index is 12.8. The number of halogens is 2. The third-order valence-electron chi connectivity index (χ3n) is 5.35. The first-order valence-corrected chi connectivity index (χ1v) is 9.28. The number of nitrogens with two attached hydrogens (primary N) is 1. The van der Waals surface area contributed by atoms with Crippen LogP contribution in [0.3, 0.4) is 0 Å². The first-order chi connectivity index (χ1) is 13.0. The van der Waals surface area contributed by atoms with Crippen LogP contribution in [0, 0.1) is 5.92 Å². The van der Waals surface area contributed by atoms with Crippen molar-refractivity contribution >= 4 is 36.6 Å². The van der Waals surface area contributed by atoms with E-state index in [2.05, 4.69) is 17.2 Å². The summed E-state index contributed by atoms with van der Waals surface area (Å²) in [6.45, 7) is 3.65. The average Bonchev–Trinajstić information content (AvgIpc) is 3.37. The molecule has 0 saturated carbocycles. The quantitative estimate of drug-likeness (QED) is 0.741. The topological polar surface area (TPSA) is 84.5 Å². The second-order valence-corrected chi connectivity index (χ2v) is 7.17. The SMILES string of the molecule is CC(C(=O)N(C)CC(=O)N1C[C@@H](CN)[C@H](c2ccccc2)C1)n1cccn1.Cl.Cl. The van der Waals surface area contributed by atoms with Crippen LogP contribution in [-0.2, 0) is 9.59 Å². The van der Waals surface area contributed by atoms with Crippen LogP contribution in [0.5, 0.6) is 0 Å². The minimum atomic E-state index is -0.440. The molecule has 1 fully saturated rings. The van der Waals surface area contributed by atoms with Crippen molar-refractivity contribution in [2.24, 2.45) is 11.7 Å². The molecule has 0 spiro atoms. The Kier molecular flexibility index (Phi) is 9.62. The van der Waals surface area contributed by atoms with E-state index in [1.54, 1.807) is 37.1 Å². The Morgan fingerprint density at radius 3 is 2.48 bits per heavy atom. The Balaban J connectivity index is 0.00000210. The van der Waals surface area contributed by atoms with Crippen molar-refractivity contribution in [1.29, 1.82) is 0 Å². The highest BCUT2D eigenvalue weighted by Gasteiger charge is 2.35. The molecular weight excluding hydrogens is 413 g/mol. The fourth-order valence-corrected chi connectivity index (χ4v) is 3.71. The summed E-state index contributed by atoms with van der Waals surface area (Å²) in [7, 11) is 1.66. The zero-order valence-corrected chi connectivity index (χ0v) is 18.3. The number of nitrogens with zero attached hydrogens (tertiary/aromatic N) is 4. The third-order valence-corrected chi connectivity index (χ3v) is 5.35. The zero-order valence-electron chi connectivity index (χ0n) is 16.7. The highest BCUT2D eigenvalue weighted by atomic mass is 35.5. The molecule has 2 aromatic rings. The van der Waals surface area contributed by atoms with Crippen molar-refractivity contribution in [3.63, 3.8) is 0 Å². The van der Waals surface area contributed by atoms with Gasteiger partial charge in [-0.15, -0.1) is 24.8 Å². The molecule has 0 aliphatic carbocycles. The highest BCUT2D eigenvalue weighted by Crippen LogP contribution is 2.32. The number of amides is 2. The predicted molar refractivity (Wildman–Crippen MR) is 117 cm³/mol. The molecule has 7 nitrogen and oxygen atoms in total. The molecule has 2 amide bonds. The number of hydrogen-bond donors (Lipinski definition) is 1. The number of aromatic nitrogens is 2. The fourth-order valence-electron chi connectivity index (χ4n) is 3.71. The van der Waals surface area contributed by atoms with Gasteiger partial charge in [-0.05, 0) is 31.0 Å². The Hall–Kier alpha value is -2.09. The Labute approximate surface area is 184 Å². The summed E-state index contributed by atoms with van der Waals surface area (Å²) in [6, 6.07) is 11.5. The molecule has 3 rings (SSSR count). The van der Waals surface area contributed by atoms with E-state index in [-0.39, 0.29) is 55.0 Å². The fraction of sp³-hybridized carbons (Fsp3) is 0.450. The molecule has 0 bridgehead atoms. The molecule has 160 valence electrons. The van der Waals surface area contributed by atoms with Crippen molar-refractivity contribution in [3.05, 3.63) is 54.4 Å². The number of likely N-dealkylation sites (tertiary alicyclic amines) is 1. The van der Waals surface area contributed by atoms with Crippen molar-refractivity contribution in [1.82, 2.24) is 19.6 Å². The third kappa shape index (κ3) is 5.72. The zero-order chi connectivity index (χ0) is 19.4. The van der Waals surface area contributed by atoms with E-state index in [1.165, 1.54) is 10.5 Å². The summed E-state index contributed by atoms with van der Waals surface area (Å²) in [5.74, 6) is 0.293. The normalized spacial score (nSPS) is 19.1.